The van der Waals surface area contributed by atoms with Crippen LogP contribution in [0.5, 0.6) is 0 Å². The van der Waals surface area contributed by atoms with Gasteiger partial charge in [-0.2, -0.15) is 0 Å². The van der Waals surface area contributed by atoms with E-state index >= 15 is 0 Å². The second kappa shape index (κ2) is 6.97. The number of hydrogen-bond acceptors (Lipinski definition) is 6. The third-order valence-corrected chi connectivity index (χ3v) is 5.37. The van der Waals surface area contributed by atoms with Crippen molar-refractivity contribution >= 4 is 51.7 Å². The number of amides is 1. The molecule has 1 aliphatic rings. The molecule has 6 nitrogen and oxygen atoms in total. The molecule has 0 aliphatic carbocycles. The van der Waals surface area contributed by atoms with Gasteiger partial charge in [0.15, 0.2) is 0 Å². The van der Waals surface area contributed by atoms with Crippen molar-refractivity contribution in [1.82, 2.24) is 14.3 Å². The minimum atomic E-state index is -0.214. The maximum atomic E-state index is 13.0. The van der Waals surface area contributed by atoms with Crippen molar-refractivity contribution in [2.45, 2.75) is 20.3 Å². The molecule has 2 aromatic heterocycles. The fourth-order valence-corrected chi connectivity index (χ4v) is 3.66. The van der Waals surface area contributed by atoms with Crippen molar-refractivity contribution < 1.29 is 4.79 Å². The van der Waals surface area contributed by atoms with E-state index in [0.717, 1.165) is 12.0 Å². The molecule has 0 radical (unpaired) electrons. The lowest BCUT2D eigenvalue weighted by atomic mass is 10.2. The Kier molecular flexibility index (Phi) is 4.91. The van der Waals surface area contributed by atoms with Gasteiger partial charge in [-0.15, -0.1) is 0 Å². The topological polar surface area (TPSA) is 66.7 Å². The molecule has 0 unspecified atom stereocenters. The van der Waals surface area contributed by atoms with Crippen LogP contribution in [0.2, 0.25) is 0 Å². The van der Waals surface area contributed by atoms with E-state index in [0.29, 0.717) is 32.8 Å². The second-order valence-electron chi connectivity index (χ2n) is 5.73. The van der Waals surface area contributed by atoms with Gasteiger partial charge in [0.1, 0.15) is 15.8 Å². The van der Waals surface area contributed by atoms with E-state index in [2.05, 4.69) is 10.3 Å². The van der Waals surface area contributed by atoms with Gasteiger partial charge in [-0.25, -0.2) is 4.98 Å². The summed E-state index contributed by atoms with van der Waals surface area (Å²) in [6.07, 6.45) is 4.17. The van der Waals surface area contributed by atoms with Gasteiger partial charge < -0.3 is 5.32 Å². The summed E-state index contributed by atoms with van der Waals surface area (Å²) in [7, 11) is 1.63. The van der Waals surface area contributed by atoms with Crippen LogP contribution in [-0.2, 0) is 4.79 Å². The van der Waals surface area contributed by atoms with Crippen LogP contribution in [0.4, 0.5) is 5.82 Å². The van der Waals surface area contributed by atoms with Crippen LogP contribution in [0.15, 0.2) is 28.0 Å². The Balaban J connectivity index is 2.22. The van der Waals surface area contributed by atoms with E-state index < -0.39 is 0 Å². The van der Waals surface area contributed by atoms with Crippen molar-refractivity contribution in [3.8, 4) is 0 Å². The first-order chi connectivity index (χ1) is 11.9. The summed E-state index contributed by atoms with van der Waals surface area (Å²) in [5, 5.41) is 3.20. The third-order valence-electron chi connectivity index (χ3n) is 3.89. The number of aromatic nitrogens is 2. The highest BCUT2D eigenvalue weighted by Gasteiger charge is 2.29. The minimum absolute atomic E-state index is 0.204. The molecule has 0 bridgehead atoms. The van der Waals surface area contributed by atoms with Gasteiger partial charge >= 0.3 is 0 Å². The Labute approximate surface area is 154 Å². The molecule has 25 heavy (non-hydrogen) atoms. The summed E-state index contributed by atoms with van der Waals surface area (Å²) >= 11 is 6.35. The van der Waals surface area contributed by atoms with Crippen molar-refractivity contribution in [3.63, 3.8) is 0 Å². The van der Waals surface area contributed by atoms with Gasteiger partial charge in [-0.05, 0) is 31.1 Å². The Hall–Kier alpha value is -2.19. The highest BCUT2D eigenvalue weighted by Crippen LogP contribution is 2.31. The Morgan fingerprint density at radius 2 is 2.16 bits per heavy atom. The molecule has 1 saturated heterocycles. The molecule has 3 rings (SSSR count). The fraction of sp³-hybridized carbons (Fsp3) is 0.294. The summed E-state index contributed by atoms with van der Waals surface area (Å²) in [6, 6.07) is 3.72. The summed E-state index contributed by atoms with van der Waals surface area (Å²) < 4.78 is 1.98. The van der Waals surface area contributed by atoms with Crippen molar-refractivity contribution in [2.75, 3.05) is 18.9 Å². The van der Waals surface area contributed by atoms with Crippen molar-refractivity contribution in [1.29, 1.82) is 0 Å². The highest BCUT2D eigenvalue weighted by molar-refractivity contribution is 8.26. The third kappa shape index (κ3) is 3.19. The maximum Gasteiger partial charge on any atom is 0.267 e. The number of nitrogens with zero attached hydrogens (tertiary/aromatic N) is 3. The zero-order valence-corrected chi connectivity index (χ0v) is 15.8. The number of thioether (sulfide) groups is 1. The molecule has 0 saturated carbocycles. The maximum absolute atomic E-state index is 13.0. The number of thiocarbonyl (C=S) groups is 1. The molecule has 8 heteroatoms. The number of likely N-dealkylation sites (N-methyl/N-ethyl adjacent to an activating group) is 1. The lowest BCUT2D eigenvalue weighted by Gasteiger charge is -2.11. The number of nitrogens with one attached hydrogen (secondary N) is 1. The van der Waals surface area contributed by atoms with E-state index in [1.807, 2.05) is 19.9 Å². The number of carbonyl (C=O) groups is 1. The normalized spacial score (nSPS) is 16.3. The van der Waals surface area contributed by atoms with Crippen LogP contribution in [0.1, 0.15) is 24.5 Å². The minimum Gasteiger partial charge on any atom is -0.369 e. The highest BCUT2D eigenvalue weighted by atomic mass is 32.2. The van der Waals surface area contributed by atoms with E-state index in [-0.39, 0.29) is 11.5 Å². The first-order valence-electron chi connectivity index (χ1n) is 7.91. The van der Waals surface area contributed by atoms with Gasteiger partial charge in [0.2, 0.25) is 0 Å². The zero-order valence-electron chi connectivity index (χ0n) is 14.2. The number of carbonyl (C=O) groups excluding carboxylic acids is 1. The van der Waals surface area contributed by atoms with Crippen LogP contribution < -0.4 is 10.9 Å². The van der Waals surface area contributed by atoms with Crippen LogP contribution in [0, 0.1) is 6.92 Å². The fourth-order valence-electron chi connectivity index (χ4n) is 2.50. The van der Waals surface area contributed by atoms with E-state index in [4.69, 9.17) is 12.2 Å². The van der Waals surface area contributed by atoms with Gasteiger partial charge in [-0.1, -0.05) is 37.0 Å². The standard InChI is InChI=1S/C17H18N4O2S2/c1-4-7-18-13-11(9-12-16(23)20(3)17(24)25-12)15(22)21-8-5-6-10(2)14(21)19-13/h5-6,8-9,18H,4,7H2,1-3H3/b12-9-. The predicted octanol–water partition coefficient (Wildman–Crippen LogP) is 2.66. The van der Waals surface area contributed by atoms with Crippen LogP contribution >= 0.6 is 24.0 Å². The van der Waals surface area contributed by atoms with Crippen LogP contribution in [-0.4, -0.2) is 38.1 Å². The average molecular weight is 374 g/mol. The second-order valence-corrected chi connectivity index (χ2v) is 7.41. The predicted molar refractivity (Wildman–Crippen MR) is 106 cm³/mol. The quantitative estimate of drug-likeness (QED) is 0.656. The van der Waals surface area contributed by atoms with Crippen molar-refractivity contribution in [3.05, 3.63) is 44.7 Å². The molecule has 1 aliphatic heterocycles. The number of fused-ring (bicyclic) bond motifs is 1. The molecule has 1 fully saturated rings. The molecule has 3 heterocycles. The van der Waals surface area contributed by atoms with Gasteiger partial charge in [-0.3, -0.25) is 18.9 Å². The van der Waals surface area contributed by atoms with Crippen molar-refractivity contribution in [2.24, 2.45) is 0 Å². The van der Waals surface area contributed by atoms with Gasteiger partial charge in [0, 0.05) is 19.8 Å². The molecular weight excluding hydrogens is 356 g/mol. The van der Waals surface area contributed by atoms with E-state index in [1.54, 1.807) is 25.4 Å². The number of aryl methyl sites for hydroxylation is 1. The van der Waals surface area contributed by atoms with Crippen LogP contribution in [0.3, 0.4) is 0 Å². The summed E-state index contributed by atoms with van der Waals surface area (Å²) in [5.41, 5.74) is 1.66. The smallest absolute Gasteiger partial charge is 0.267 e. The molecule has 130 valence electrons. The molecule has 2 aromatic rings. The first kappa shape index (κ1) is 17.6. The number of pyridine rings is 1. The number of hydrogen-bond donors (Lipinski definition) is 1. The summed E-state index contributed by atoms with van der Waals surface area (Å²) in [5.74, 6) is 0.285. The first-order valence-corrected chi connectivity index (χ1v) is 9.14. The van der Waals surface area contributed by atoms with Gasteiger partial charge in [0.25, 0.3) is 11.5 Å². The summed E-state index contributed by atoms with van der Waals surface area (Å²) in [6.45, 7) is 4.63. The van der Waals surface area contributed by atoms with Crippen LogP contribution in [0.25, 0.3) is 11.7 Å². The van der Waals surface area contributed by atoms with E-state index in [1.165, 1.54) is 21.1 Å². The molecule has 1 N–H and O–H groups in total. The zero-order chi connectivity index (χ0) is 18.1. The Bertz CT molecular complexity index is 965. The molecule has 0 atom stereocenters. The monoisotopic (exact) mass is 374 g/mol. The lowest BCUT2D eigenvalue weighted by Crippen LogP contribution is -2.23. The SMILES string of the molecule is CCCNc1nc2c(C)cccn2c(=O)c1/C=C1\SC(=S)N(C)C1=O. The number of anilines is 1. The van der Waals surface area contributed by atoms with E-state index in [9.17, 15) is 9.59 Å². The van der Waals surface area contributed by atoms with Gasteiger partial charge in [0.05, 0.1) is 10.5 Å². The molecule has 0 spiro atoms. The number of rotatable bonds is 4. The average Bonchev–Trinajstić information content (AvgIpc) is 2.83. The molecule has 1 amide bonds. The Morgan fingerprint density at radius 3 is 2.80 bits per heavy atom. The molecular formula is C17H18N4O2S2. The Morgan fingerprint density at radius 1 is 1.40 bits per heavy atom. The lowest BCUT2D eigenvalue weighted by molar-refractivity contribution is -0.121. The summed E-state index contributed by atoms with van der Waals surface area (Å²) in [4.78, 5) is 31.7. The largest absolute Gasteiger partial charge is 0.369 e. The molecule has 0 aromatic carbocycles.